The molecule has 0 fully saturated rings. The fourth-order valence-electron chi connectivity index (χ4n) is 1.37. The van der Waals surface area contributed by atoms with Gasteiger partial charge < -0.3 is 15.3 Å². The highest BCUT2D eigenvalue weighted by Crippen LogP contribution is 2.21. The molecule has 1 aromatic rings. The van der Waals surface area contributed by atoms with Crippen LogP contribution in [0.15, 0.2) is 24.3 Å². The van der Waals surface area contributed by atoms with Crippen LogP contribution >= 0.6 is 0 Å². The lowest BCUT2D eigenvalue weighted by atomic mass is 9.97. The first-order chi connectivity index (χ1) is 7.57. The van der Waals surface area contributed by atoms with E-state index in [1.165, 1.54) is 6.07 Å². The number of hydrogen-bond acceptors (Lipinski definition) is 4. The van der Waals surface area contributed by atoms with Gasteiger partial charge >= 0.3 is 5.97 Å². The summed E-state index contributed by atoms with van der Waals surface area (Å²) in [5, 5.41) is 36.0. The number of carbonyl (C=O) groups is 1. The van der Waals surface area contributed by atoms with E-state index in [1.54, 1.807) is 18.2 Å². The maximum absolute atomic E-state index is 10.5. The molecule has 84 valence electrons. The number of aliphatic hydroxyl groups excluding tert-OH is 2. The van der Waals surface area contributed by atoms with Crippen molar-refractivity contribution in [3.05, 3.63) is 35.4 Å². The Kier molecular flexibility index (Phi) is 4.00. The summed E-state index contributed by atoms with van der Waals surface area (Å²) in [4.78, 5) is 10.5. The summed E-state index contributed by atoms with van der Waals surface area (Å²) in [6, 6.07) is 8.29. The predicted molar refractivity (Wildman–Crippen MR) is 54.4 cm³/mol. The molecule has 0 amide bonds. The lowest BCUT2D eigenvalue weighted by Crippen LogP contribution is -2.28. The molecular weight excluding hydrogens is 210 g/mol. The number of aliphatic carboxylic acids is 1. The van der Waals surface area contributed by atoms with Crippen molar-refractivity contribution in [2.24, 2.45) is 0 Å². The first-order valence-corrected chi connectivity index (χ1v) is 4.61. The van der Waals surface area contributed by atoms with E-state index in [4.69, 9.17) is 10.4 Å². The number of aliphatic hydroxyl groups is 2. The van der Waals surface area contributed by atoms with Crippen LogP contribution in [0.5, 0.6) is 0 Å². The normalized spacial score (nSPS) is 13.8. The van der Waals surface area contributed by atoms with Crippen molar-refractivity contribution in [2.45, 2.75) is 18.6 Å². The van der Waals surface area contributed by atoms with Gasteiger partial charge in [-0.1, -0.05) is 24.3 Å². The van der Waals surface area contributed by atoms with Gasteiger partial charge in [-0.05, 0) is 11.1 Å². The Morgan fingerprint density at radius 2 is 2.00 bits per heavy atom. The lowest BCUT2D eigenvalue weighted by molar-refractivity contribution is -0.153. The zero-order chi connectivity index (χ0) is 12.1. The maximum atomic E-state index is 10.5. The lowest BCUT2D eigenvalue weighted by Gasteiger charge is -2.16. The number of carboxylic acids is 1. The van der Waals surface area contributed by atoms with Gasteiger partial charge in [-0.25, -0.2) is 4.79 Å². The number of carboxylic acid groups (broad SMARTS) is 1. The summed E-state index contributed by atoms with van der Waals surface area (Å²) in [6.07, 6.45) is -3.36. The number of benzene rings is 1. The molecule has 2 atom stereocenters. The molecule has 0 bridgehead atoms. The van der Waals surface area contributed by atoms with E-state index in [1.807, 2.05) is 6.07 Å². The molecule has 5 heteroatoms. The van der Waals surface area contributed by atoms with Crippen LogP contribution in [0.25, 0.3) is 0 Å². The minimum absolute atomic E-state index is 0.0551. The third-order valence-corrected chi connectivity index (χ3v) is 2.20. The van der Waals surface area contributed by atoms with Gasteiger partial charge in [0.1, 0.15) is 6.10 Å². The van der Waals surface area contributed by atoms with E-state index in [9.17, 15) is 15.0 Å². The second kappa shape index (κ2) is 5.26. The van der Waals surface area contributed by atoms with Crippen LogP contribution < -0.4 is 0 Å². The van der Waals surface area contributed by atoms with E-state index in [2.05, 4.69) is 0 Å². The Bertz CT molecular complexity index is 424. The van der Waals surface area contributed by atoms with Gasteiger partial charge in [0.05, 0.1) is 12.5 Å². The largest absolute Gasteiger partial charge is 0.479 e. The topological polar surface area (TPSA) is 102 Å². The Hall–Kier alpha value is -1.90. The highest BCUT2D eigenvalue weighted by atomic mass is 16.4. The Morgan fingerprint density at radius 1 is 1.38 bits per heavy atom. The minimum atomic E-state index is -1.89. The van der Waals surface area contributed by atoms with Gasteiger partial charge in [-0.2, -0.15) is 5.26 Å². The van der Waals surface area contributed by atoms with Crippen LogP contribution in [0.1, 0.15) is 17.2 Å². The zero-order valence-electron chi connectivity index (χ0n) is 8.37. The number of nitrogens with zero attached hydrogens (tertiary/aromatic N) is 1. The molecule has 0 radical (unpaired) electrons. The van der Waals surface area contributed by atoms with Crippen molar-refractivity contribution in [3.63, 3.8) is 0 Å². The van der Waals surface area contributed by atoms with E-state index in [0.717, 1.165) is 0 Å². The monoisotopic (exact) mass is 221 g/mol. The molecule has 5 nitrogen and oxygen atoms in total. The third-order valence-electron chi connectivity index (χ3n) is 2.20. The van der Waals surface area contributed by atoms with Crippen LogP contribution in [-0.4, -0.2) is 27.4 Å². The van der Waals surface area contributed by atoms with Crippen molar-refractivity contribution >= 4 is 5.97 Å². The van der Waals surface area contributed by atoms with Crippen molar-refractivity contribution in [1.82, 2.24) is 0 Å². The average Bonchev–Trinajstić information content (AvgIpc) is 2.28. The van der Waals surface area contributed by atoms with E-state index >= 15 is 0 Å². The van der Waals surface area contributed by atoms with Gasteiger partial charge in [0.15, 0.2) is 6.10 Å². The molecular formula is C11H11NO4. The van der Waals surface area contributed by atoms with Gasteiger partial charge in [-0.15, -0.1) is 0 Å². The SMILES string of the molecule is N#CCc1ccccc1C(O)C(O)C(=O)O. The van der Waals surface area contributed by atoms with E-state index < -0.39 is 18.2 Å². The van der Waals surface area contributed by atoms with Crippen LogP contribution in [0, 0.1) is 11.3 Å². The Morgan fingerprint density at radius 3 is 2.56 bits per heavy atom. The number of hydrogen-bond donors (Lipinski definition) is 3. The second-order valence-electron chi connectivity index (χ2n) is 3.26. The highest BCUT2D eigenvalue weighted by molar-refractivity contribution is 5.73. The van der Waals surface area contributed by atoms with Gasteiger partial charge in [0, 0.05) is 0 Å². The summed E-state index contributed by atoms with van der Waals surface area (Å²) in [5.74, 6) is -1.50. The summed E-state index contributed by atoms with van der Waals surface area (Å²) in [7, 11) is 0. The fourth-order valence-corrected chi connectivity index (χ4v) is 1.37. The van der Waals surface area contributed by atoms with Gasteiger partial charge in [0.25, 0.3) is 0 Å². The average molecular weight is 221 g/mol. The molecule has 1 aromatic carbocycles. The third kappa shape index (κ3) is 2.57. The molecule has 0 aliphatic carbocycles. The molecule has 0 saturated heterocycles. The summed E-state index contributed by atoms with van der Waals surface area (Å²) >= 11 is 0. The molecule has 0 aromatic heterocycles. The zero-order valence-corrected chi connectivity index (χ0v) is 8.37. The minimum Gasteiger partial charge on any atom is -0.479 e. The van der Waals surface area contributed by atoms with Gasteiger partial charge in [-0.3, -0.25) is 0 Å². The first kappa shape index (κ1) is 12.2. The molecule has 1 rings (SSSR count). The number of nitriles is 1. The quantitative estimate of drug-likeness (QED) is 0.675. The molecule has 2 unspecified atom stereocenters. The molecule has 16 heavy (non-hydrogen) atoms. The van der Waals surface area contributed by atoms with E-state index in [-0.39, 0.29) is 12.0 Å². The molecule has 0 spiro atoms. The molecule has 3 N–H and O–H groups in total. The summed E-state index contributed by atoms with van der Waals surface area (Å²) < 4.78 is 0. The Labute approximate surface area is 92.2 Å². The first-order valence-electron chi connectivity index (χ1n) is 4.61. The molecule has 0 aliphatic rings. The van der Waals surface area contributed by atoms with Crippen molar-refractivity contribution < 1.29 is 20.1 Å². The van der Waals surface area contributed by atoms with Crippen LogP contribution in [0.2, 0.25) is 0 Å². The Balaban J connectivity index is 3.03. The summed E-state index contributed by atoms with van der Waals surface area (Å²) in [5.41, 5.74) is 0.775. The fraction of sp³-hybridized carbons (Fsp3) is 0.273. The predicted octanol–water partition coefficient (Wildman–Crippen LogP) is 0.232. The second-order valence-corrected chi connectivity index (χ2v) is 3.26. The highest BCUT2D eigenvalue weighted by Gasteiger charge is 2.26. The molecule has 0 aliphatic heterocycles. The molecule has 0 heterocycles. The van der Waals surface area contributed by atoms with Crippen LogP contribution in [-0.2, 0) is 11.2 Å². The van der Waals surface area contributed by atoms with E-state index in [0.29, 0.717) is 5.56 Å². The van der Waals surface area contributed by atoms with Gasteiger partial charge in [0.2, 0.25) is 0 Å². The van der Waals surface area contributed by atoms with Crippen molar-refractivity contribution in [1.29, 1.82) is 5.26 Å². The van der Waals surface area contributed by atoms with Crippen LogP contribution in [0.4, 0.5) is 0 Å². The standard InChI is InChI=1S/C11H11NO4/c12-6-5-7-3-1-2-4-8(7)9(13)10(14)11(15)16/h1-4,9-10,13-14H,5H2,(H,15,16). The molecule has 0 saturated carbocycles. The van der Waals surface area contributed by atoms with Crippen molar-refractivity contribution in [2.75, 3.05) is 0 Å². The smallest absolute Gasteiger partial charge is 0.335 e. The summed E-state index contributed by atoms with van der Waals surface area (Å²) in [6.45, 7) is 0. The van der Waals surface area contributed by atoms with Crippen molar-refractivity contribution in [3.8, 4) is 6.07 Å². The van der Waals surface area contributed by atoms with Crippen LogP contribution in [0.3, 0.4) is 0 Å². The maximum Gasteiger partial charge on any atom is 0.335 e. The number of rotatable bonds is 4.